The van der Waals surface area contributed by atoms with Crippen LogP contribution < -0.4 is 15.8 Å². The Labute approximate surface area is 195 Å². The molecule has 3 aromatic rings. The summed E-state index contributed by atoms with van der Waals surface area (Å²) < 4.78 is 29.9. The van der Waals surface area contributed by atoms with Crippen LogP contribution in [0.5, 0.6) is 0 Å². The van der Waals surface area contributed by atoms with Gasteiger partial charge in [0, 0.05) is 42.6 Å². The predicted octanol–water partition coefficient (Wildman–Crippen LogP) is 5.02. The van der Waals surface area contributed by atoms with E-state index in [-0.39, 0.29) is 36.7 Å². The Morgan fingerprint density at radius 2 is 1.85 bits per heavy atom. The molecule has 1 aliphatic heterocycles. The molecular formula is C26H27F2N3O3. The standard InChI is InChI=1S/C26H27F2N3O3/c1-15-10-19(17(3)29-20-7-5-4-6-18(20)24(33)34)22-11-21(16(2)23(32)31(22)12-15)30-13-25(14-30)8-9-26(25,27)28/h4-7,10-12,17,29H,8-9,13-14H2,1-3H3,(H,33,34)/t17-/m1/s1. The van der Waals surface area contributed by atoms with Gasteiger partial charge in [0.2, 0.25) is 0 Å². The van der Waals surface area contributed by atoms with Gasteiger partial charge in [-0.3, -0.25) is 9.20 Å². The Morgan fingerprint density at radius 3 is 2.47 bits per heavy atom. The van der Waals surface area contributed by atoms with Crippen molar-refractivity contribution in [3.05, 3.63) is 75.2 Å². The van der Waals surface area contributed by atoms with Crippen molar-refractivity contribution in [1.29, 1.82) is 0 Å². The number of hydrogen-bond donors (Lipinski definition) is 2. The quantitative estimate of drug-likeness (QED) is 0.551. The highest BCUT2D eigenvalue weighted by Crippen LogP contribution is 2.59. The lowest BCUT2D eigenvalue weighted by Gasteiger charge is -2.60. The van der Waals surface area contributed by atoms with Crippen LogP contribution in [-0.4, -0.2) is 34.5 Å². The first kappa shape index (κ1) is 22.4. The van der Waals surface area contributed by atoms with Crippen molar-refractivity contribution < 1.29 is 18.7 Å². The van der Waals surface area contributed by atoms with Gasteiger partial charge < -0.3 is 15.3 Å². The molecule has 1 aliphatic carbocycles. The van der Waals surface area contributed by atoms with Crippen molar-refractivity contribution in [1.82, 2.24) is 4.40 Å². The van der Waals surface area contributed by atoms with Gasteiger partial charge in [-0.15, -0.1) is 0 Å². The minimum atomic E-state index is -2.64. The molecule has 6 nitrogen and oxygen atoms in total. The van der Waals surface area contributed by atoms with E-state index in [4.69, 9.17) is 0 Å². The summed E-state index contributed by atoms with van der Waals surface area (Å²) in [5, 5.41) is 12.8. The van der Waals surface area contributed by atoms with Gasteiger partial charge in [0.15, 0.2) is 0 Å². The molecular weight excluding hydrogens is 440 g/mol. The molecule has 8 heteroatoms. The summed E-state index contributed by atoms with van der Waals surface area (Å²) in [4.78, 5) is 26.8. The Hall–Kier alpha value is -3.42. The van der Waals surface area contributed by atoms with Gasteiger partial charge in [-0.25, -0.2) is 13.6 Å². The van der Waals surface area contributed by atoms with E-state index in [0.717, 1.165) is 11.1 Å². The zero-order valence-corrected chi connectivity index (χ0v) is 19.4. The molecule has 1 spiro atoms. The molecule has 1 saturated carbocycles. The number of fused-ring (bicyclic) bond motifs is 1. The fourth-order valence-electron chi connectivity index (χ4n) is 5.31. The molecule has 1 aromatic carbocycles. The van der Waals surface area contributed by atoms with E-state index in [2.05, 4.69) is 5.32 Å². The van der Waals surface area contributed by atoms with E-state index < -0.39 is 17.3 Å². The molecule has 178 valence electrons. The van der Waals surface area contributed by atoms with Gasteiger partial charge in [-0.2, -0.15) is 0 Å². The molecule has 5 rings (SSSR count). The lowest BCUT2D eigenvalue weighted by Crippen LogP contribution is -2.70. The lowest BCUT2D eigenvalue weighted by atomic mass is 9.60. The number of nitrogens with zero attached hydrogens (tertiary/aromatic N) is 2. The molecule has 0 bridgehead atoms. The van der Waals surface area contributed by atoms with Crippen LogP contribution in [0.15, 0.2) is 47.4 Å². The molecule has 1 atom stereocenters. The first-order valence-electron chi connectivity index (χ1n) is 11.4. The van der Waals surface area contributed by atoms with Crippen LogP contribution in [0.25, 0.3) is 5.52 Å². The Bertz CT molecular complexity index is 1380. The number of hydrogen-bond acceptors (Lipinski definition) is 4. The topological polar surface area (TPSA) is 74.0 Å². The van der Waals surface area contributed by atoms with Crippen molar-refractivity contribution in [2.75, 3.05) is 23.3 Å². The van der Waals surface area contributed by atoms with Gasteiger partial charge in [0.1, 0.15) is 0 Å². The second-order valence-electron chi connectivity index (χ2n) is 9.75. The number of halogens is 2. The van der Waals surface area contributed by atoms with Crippen LogP contribution in [0.3, 0.4) is 0 Å². The van der Waals surface area contributed by atoms with Crippen molar-refractivity contribution in [2.45, 2.75) is 45.6 Å². The highest BCUT2D eigenvalue weighted by Gasteiger charge is 2.67. The molecule has 0 unspecified atom stereocenters. The Balaban J connectivity index is 1.55. The van der Waals surface area contributed by atoms with Crippen LogP contribution in [0.1, 0.15) is 52.9 Å². The number of pyridine rings is 2. The zero-order chi connectivity index (χ0) is 24.4. The first-order chi connectivity index (χ1) is 16.0. The molecule has 2 fully saturated rings. The van der Waals surface area contributed by atoms with E-state index in [0.29, 0.717) is 28.9 Å². The van der Waals surface area contributed by atoms with E-state index in [1.165, 1.54) is 6.07 Å². The largest absolute Gasteiger partial charge is 0.478 e. The van der Waals surface area contributed by atoms with Gasteiger partial charge in [-0.1, -0.05) is 18.2 Å². The van der Waals surface area contributed by atoms with E-state index in [1.54, 1.807) is 35.7 Å². The summed E-state index contributed by atoms with van der Waals surface area (Å²) in [5.74, 6) is -3.67. The number of carboxylic acid groups (broad SMARTS) is 1. The van der Waals surface area contributed by atoms with Crippen LogP contribution in [0, 0.1) is 19.3 Å². The Kier molecular flexibility index (Phi) is 4.97. The predicted molar refractivity (Wildman–Crippen MR) is 127 cm³/mol. The number of para-hydroxylation sites is 1. The van der Waals surface area contributed by atoms with Gasteiger partial charge in [-0.05, 0) is 56.5 Å². The van der Waals surface area contributed by atoms with Gasteiger partial charge >= 0.3 is 5.97 Å². The lowest BCUT2D eigenvalue weighted by molar-refractivity contribution is -0.212. The fourth-order valence-corrected chi connectivity index (χ4v) is 5.31. The van der Waals surface area contributed by atoms with Crippen LogP contribution >= 0.6 is 0 Å². The second-order valence-corrected chi connectivity index (χ2v) is 9.75. The van der Waals surface area contributed by atoms with Crippen molar-refractivity contribution in [3.63, 3.8) is 0 Å². The summed E-state index contributed by atoms with van der Waals surface area (Å²) in [5.41, 5.74) is 3.08. The average molecular weight is 468 g/mol. The maximum absolute atomic E-state index is 14.1. The number of aromatic carboxylic acids is 1. The summed E-state index contributed by atoms with van der Waals surface area (Å²) >= 11 is 0. The van der Waals surface area contributed by atoms with E-state index >= 15 is 0 Å². The summed E-state index contributed by atoms with van der Waals surface area (Å²) in [6.07, 6.45) is 2.22. The van der Waals surface area contributed by atoms with Gasteiger partial charge in [0.25, 0.3) is 11.5 Å². The van der Waals surface area contributed by atoms with Crippen LogP contribution in [-0.2, 0) is 0 Å². The molecule has 3 heterocycles. The second kappa shape index (κ2) is 7.55. The van der Waals surface area contributed by atoms with Crippen molar-refractivity contribution in [2.24, 2.45) is 5.41 Å². The highest BCUT2D eigenvalue weighted by atomic mass is 19.3. The average Bonchev–Trinajstić information content (AvgIpc) is 2.75. The smallest absolute Gasteiger partial charge is 0.337 e. The number of aromatic nitrogens is 1. The third-order valence-electron chi connectivity index (χ3n) is 7.49. The van der Waals surface area contributed by atoms with Gasteiger partial charge in [0.05, 0.1) is 22.5 Å². The SMILES string of the molecule is Cc1cc([C@@H](C)Nc2ccccc2C(=O)O)c2cc(N3CC4(CCC4(F)F)C3)c(C)c(=O)n2c1. The van der Waals surface area contributed by atoms with E-state index in [1.807, 2.05) is 30.9 Å². The van der Waals surface area contributed by atoms with E-state index in [9.17, 15) is 23.5 Å². The third-order valence-corrected chi connectivity index (χ3v) is 7.49. The number of rotatable bonds is 5. The molecule has 2 aliphatic rings. The summed E-state index contributed by atoms with van der Waals surface area (Å²) in [6.45, 7) is 6.04. The maximum Gasteiger partial charge on any atom is 0.337 e. The van der Waals surface area contributed by atoms with Crippen LogP contribution in [0.2, 0.25) is 0 Å². The molecule has 2 N–H and O–H groups in total. The minimum absolute atomic E-state index is 0.0649. The fraction of sp³-hybridized carbons (Fsp3) is 0.385. The number of nitrogens with one attached hydrogen (secondary N) is 1. The number of alkyl halides is 2. The number of aryl methyl sites for hydroxylation is 1. The molecule has 1 saturated heterocycles. The first-order valence-corrected chi connectivity index (χ1v) is 11.4. The molecule has 0 radical (unpaired) electrons. The maximum atomic E-state index is 14.1. The summed E-state index contributed by atoms with van der Waals surface area (Å²) in [6, 6.07) is 10.2. The van der Waals surface area contributed by atoms with Crippen molar-refractivity contribution in [3.8, 4) is 0 Å². The molecule has 0 amide bonds. The highest BCUT2D eigenvalue weighted by molar-refractivity contribution is 5.94. The van der Waals surface area contributed by atoms with Crippen molar-refractivity contribution >= 4 is 22.9 Å². The van der Waals surface area contributed by atoms with Crippen LogP contribution in [0.4, 0.5) is 20.2 Å². The molecule has 2 aromatic heterocycles. The number of carbonyl (C=O) groups is 1. The minimum Gasteiger partial charge on any atom is -0.478 e. The molecule has 34 heavy (non-hydrogen) atoms. The normalized spacial score (nSPS) is 18.9. The number of benzene rings is 1. The number of anilines is 2. The number of carboxylic acids is 1. The summed E-state index contributed by atoms with van der Waals surface area (Å²) in [7, 11) is 0. The monoisotopic (exact) mass is 467 g/mol. The third kappa shape index (κ3) is 3.27. The zero-order valence-electron chi connectivity index (χ0n) is 19.4. The Morgan fingerprint density at radius 1 is 1.15 bits per heavy atom.